The number of amides is 1. The normalized spacial score (nSPS) is 20.5. The Morgan fingerprint density at radius 1 is 1.56 bits per heavy atom. The number of hydrogen-bond donors (Lipinski definition) is 1. The molecule has 4 heteroatoms. The van der Waals surface area contributed by atoms with Crippen LogP contribution in [0.2, 0.25) is 0 Å². The molecule has 0 fully saturated rings. The molecular weight excluding hydrogens is 204 g/mol. The largest absolute Gasteiger partial charge is 0.369 e. The van der Waals surface area contributed by atoms with E-state index in [1.807, 2.05) is 19.1 Å². The number of aryl methyl sites for hydroxylation is 1. The van der Waals surface area contributed by atoms with Crippen LogP contribution in [-0.2, 0) is 0 Å². The van der Waals surface area contributed by atoms with Gasteiger partial charge in [0.15, 0.2) is 6.23 Å². The van der Waals surface area contributed by atoms with Gasteiger partial charge in [0.05, 0.1) is 6.07 Å². The van der Waals surface area contributed by atoms with Gasteiger partial charge in [-0.05, 0) is 19.9 Å². The minimum atomic E-state index is -1.00. The van der Waals surface area contributed by atoms with Gasteiger partial charge in [-0.3, -0.25) is 9.69 Å². The fraction of sp³-hybridized carbons (Fsp3) is 0.333. The van der Waals surface area contributed by atoms with Crippen LogP contribution in [0.15, 0.2) is 18.2 Å². The quantitative estimate of drug-likeness (QED) is 0.770. The molecule has 1 heterocycles. The van der Waals surface area contributed by atoms with Crippen molar-refractivity contribution >= 4 is 5.91 Å². The lowest BCUT2D eigenvalue weighted by molar-refractivity contribution is 0.00967. The van der Waals surface area contributed by atoms with Crippen molar-refractivity contribution in [2.45, 2.75) is 26.1 Å². The Bertz CT molecular complexity index is 490. The van der Waals surface area contributed by atoms with E-state index in [4.69, 9.17) is 5.26 Å². The van der Waals surface area contributed by atoms with Gasteiger partial charge in [-0.1, -0.05) is 17.7 Å². The summed E-state index contributed by atoms with van der Waals surface area (Å²) in [6, 6.07) is 6.65. The maximum atomic E-state index is 12.0. The average molecular weight is 216 g/mol. The number of nitriles is 1. The zero-order valence-electron chi connectivity index (χ0n) is 9.14. The van der Waals surface area contributed by atoms with Crippen LogP contribution in [0.25, 0.3) is 0 Å². The van der Waals surface area contributed by atoms with Crippen LogP contribution in [0.5, 0.6) is 0 Å². The maximum absolute atomic E-state index is 12.0. The van der Waals surface area contributed by atoms with Crippen molar-refractivity contribution < 1.29 is 9.90 Å². The third-order valence-electron chi connectivity index (χ3n) is 2.82. The van der Waals surface area contributed by atoms with Gasteiger partial charge in [0.25, 0.3) is 5.91 Å². The summed E-state index contributed by atoms with van der Waals surface area (Å²) in [7, 11) is 0. The van der Waals surface area contributed by atoms with Gasteiger partial charge in [-0.15, -0.1) is 0 Å². The Labute approximate surface area is 93.7 Å². The maximum Gasteiger partial charge on any atom is 0.257 e. The summed E-state index contributed by atoms with van der Waals surface area (Å²) in [5.74, 6) is -0.278. The smallest absolute Gasteiger partial charge is 0.257 e. The Morgan fingerprint density at radius 2 is 2.25 bits per heavy atom. The number of fused-ring (bicyclic) bond motifs is 1. The van der Waals surface area contributed by atoms with Crippen LogP contribution in [0.1, 0.15) is 34.6 Å². The first-order chi connectivity index (χ1) is 7.56. The molecule has 1 aliphatic rings. The Hall–Kier alpha value is -1.86. The summed E-state index contributed by atoms with van der Waals surface area (Å²) >= 11 is 0. The zero-order chi connectivity index (χ0) is 11.9. The molecule has 0 bridgehead atoms. The molecule has 1 amide bonds. The lowest BCUT2D eigenvalue weighted by Gasteiger charge is -2.22. The molecular formula is C12H12N2O2. The molecule has 2 atom stereocenters. The molecule has 1 aliphatic heterocycles. The molecule has 2 rings (SSSR count). The van der Waals surface area contributed by atoms with Gasteiger partial charge in [-0.25, -0.2) is 0 Å². The molecule has 82 valence electrons. The van der Waals surface area contributed by atoms with Crippen molar-refractivity contribution in [1.82, 2.24) is 4.90 Å². The first-order valence-electron chi connectivity index (χ1n) is 5.07. The number of carbonyl (C=O) groups excluding carboxylic acids is 1. The molecule has 0 spiro atoms. The Balaban J connectivity index is 2.49. The minimum absolute atomic E-state index is 0.278. The highest BCUT2D eigenvalue weighted by Crippen LogP contribution is 2.33. The Kier molecular flexibility index (Phi) is 2.41. The SMILES string of the molecule is Cc1ccc2c(c1)C(=O)N(C(C)C#N)C2O. The second-order valence-corrected chi connectivity index (χ2v) is 3.98. The van der Waals surface area contributed by atoms with Crippen molar-refractivity contribution in [2.24, 2.45) is 0 Å². The van der Waals surface area contributed by atoms with Gasteiger partial charge < -0.3 is 5.11 Å². The van der Waals surface area contributed by atoms with E-state index in [2.05, 4.69) is 0 Å². The number of carbonyl (C=O) groups is 1. The van der Waals surface area contributed by atoms with E-state index in [0.29, 0.717) is 11.1 Å². The van der Waals surface area contributed by atoms with E-state index in [0.717, 1.165) is 5.56 Å². The van der Waals surface area contributed by atoms with E-state index in [-0.39, 0.29) is 5.91 Å². The fourth-order valence-corrected chi connectivity index (χ4v) is 1.93. The number of nitrogens with zero attached hydrogens (tertiary/aromatic N) is 2. The molecule has 0 saturated carbocycles. The number of hydrogen-bond acceptors (Lipinski definition) is 3. The zero-order valence-corrected chi connectivity index (χ0v) is 9.14. The first-order valence-corrected chi connectivity index (χ1v) is 5.07. The monoisotopic (exact) mass is 216 g/mol. The first kappa shape index (κ1) is 10.7. The third-order valence-corrected chi connectivity index (χ3v) is 2.82. The van der Waals surface area contributed by atoms with Crippen molar-refractivity contribution in [3.05, 3.63) is 34.9 Å². The predicted octanol–water partition coefficient (Wildman–Crippen LogP) is 1.35. The van der Waals surface area contributed by atoms with Crippen LogP contribution < -0.4 is 0 Å². The van der Waals surface area contributed by atoms with E-state index >= 15 is 0 Å². The highest BCUT2D eigenvalue weighted by atomic mass is 16.3. The number of rotatable bonds is 1. The molecule has 1 N–H and O–H groups in total. The molecule has 4 nitrogen and oxygen atoms in total. The molecule has 0 radical (unpaired) electrons. The molecule has 0 aliphatic carbocycles. The van der Waals surface area contributed by atoms with Crippen LogP contribution in [0, 0.1) is 18.3 Å². The van der Waals surface area contributed by atoms with Gasteiger partial charge in [0, 0.05) is 11.1 Å². The van der Waals surface area contributed by atoms with Gasteiger partial charge in [0.1, 0.15) is 6.04 Å². The molecule has 16 heavy (non-hydrogen) atoms. The van der Waals surface area contributed by atoms with Crippen LogP contribution >= 0.6 is 0 Å². The summed E-state index contributed by atoms with van der Waals surface area (Å²) in [5, 5.41) is 18.8. The van der Waals surface area contributed by atoms with Crippen LogP contribution in [0.4, 0.5) is 0 Å². The molecule has 1 aromatic carbocycles. The number of benzene rings is 1. The fourth-order valence-electron chi connectivity index (χ4n) is 1.93. The van der Waals surface area contributed by atoms with Crippen LogP contribution in [-0.4, -0.2) is 22.0 Å². The highest BCUT2D eigenvalue weighted by molar-refractivity contribution is 5.99. The third kappa shape index (κ3) is 1.37. The predicted molar refractivity (Wildman–Crippen MR) is 57.4 cm³/mol. The van der Waals surface area contributed by atoms with Crippen molar-refractivity contribution in [2.75, 3.05) is 0 Å². The van der Waals surface area contributed by atoms with Gasteiger partial charge in [0.2, 0.25) is 0 Å². The average Bonchev–Trinajstić information content (AvgIpc) is 2.51. The van der Waals surface area contributed by atoms with E-state index < -0.39 is 12.3 Å². The second-order valence-electron chi connectivity index (χ2n) is 3.98. The van der Waals surface area contributed by atoms with Crippen molar-refractivity contribution in [3.63, 3.8) is 0 Å². The summed E-state index contributed by atoms with van der Waals surface area (Å²) in [6.07, 6.45) is -1.00. The Morgan fingerprint density at radius 3 is 2.88 bits per heavy atom. The number of aliphatic hydroxyl groups is 1. The standard InChI is InChI=1S/C12H12N2O2/c1-7-3-4-9-10(5-7)12(16)14(11(9)15)8(2)6-13/h3-5,8,11,15H,1-2H3. The highest BCUT2D eigenvalue weighted by Gasteiger charge is 2.38. The minimum Gasteiger partial charge on any atom is -0.369 e. The summed E-state index contributed by atoms with van der Waals surface area (Å²) < 4.78 is 0. The molecule has 0 saturated heterocycles. The van der Waals surface area contributed by atoms with E-state index in [1.165, 1.54) is 4.90 Å². The van der Waals surface area contributed by atoms with Crippen molar-refractivity contribution in [1.29, 1.82) is 5.26 Å². The molecule has 2 unspecified atom stereocenters. The lowest BCUT2D eigenvalue weighted by atomic mass is 10.1. The molecule has 0 aromatic heterocycles. The van der Waals surface area contributed by atoms with Crippen LogP contribution in [0.3, 0.4) is 0 Å². The van der Waals surface area contributed by atoms with Gasteiger partial charge in [-0.2, -0.15) is 5.26 Å². The lowest BCUT2D eigenvalue weighted by Crippen LogP contribution is -2.35. The number of aliphatic hydroxyl groups excluding tert-OH is 1. The van der Waals surface area contributed by atoms with E-state index in [1.54, 1.807) is 19.1 Å². The summed E-state index contributed by atoms with van der Waals surface area (Å²) in [4.78, 5) is 13.2. The molecule has 1 aromatic rings. The van der Waals surface area contributed by atoms with Crippen molar-refractivity contribution in [3.8, 4) is 6.07 Å². The summed E-state index contributed by atoms with van der Waals surface area (Å²) in [6.45, 7) is 3.48. The second kappa shape index (κ2) is 3.62. The van der Waals surface area contributed by atoms with Gasteiger partial charge >= 0.3 is 0 Å². The summed E-state index contributed by atoms with van der Waals surface area (Å²) in [5.41, 5.74) is 2.04. The topological polar surface area (TPSA) is 64.3 Å². The van der Waals surface area contributed by atoms with E-state index in [9.17, 15) is 9.90 Å².